The standard InChI is InChI=1S/C16H23N5/c1-4-18-15-14(12(2)3)16(21-11-20-15)19-9-7-13-6-5-8-17-10-13/h5-6,8,10-12H,4,7,9H2,1-3H3,(H2,18,19,20,21). The topological polar surface area (TPSA) is 62.7 Å². The van der Waals surface area contributed by atoms with Gasteiger partial charge in [0.05, 0.1) is 0 Å². The molecule has 2 aromatic rings. The number of anilines is 2. The van der Waals surface area contributed by atoms with E-state index >= 15 is 0 Å². The van der Waals surface area contributed by atoms with E-state index in [2.05, 4.69) is 52.4 Å². The van der Waals surface area contributed by atoms with E-state index in [1.807, 2.05) is 12.3 Å². The van der Waals surface area contributed by atoms with Crippen molar-refractivity contribution in [3.63, 3.8) is 0 Å². The van der Waals surface area contributed by atoms with Gasteiger partial charge in [-0.1, -0.05) is 19.9 Å². The van der Waals surface area contributed by atoms with Gasteiger partial charge in [0.2, 0.25) is 0 Å². The number of pyridine rings is 1. The number of hydrogen-bond acceptors (Lipinski definition) is 5. The van der Waals surface area contributed by atoms with Crippen LogP contribution in [0.5, 0.6) is 0 Å². The van der Waals surface area contributed by atoms with Crippen molar-refractivity contribution in [3.05, 3.63) is 42.0 Å². The largest absolute Gasteiger partial charge is 0.370 e. The minimum atomic E-state index is 0.362. The predicted molar refractivity (Wildman–Crippen MR) is 86.7 cm³/mol. The minimum absolute atomic E-state index is 0.362. The van der Waals surface area contributed by atoms with Crippen molar-refractivity contribution < 1.29 is 0 Å². The fourth-order valence-electron chi connectivity index (χ4n) is 2.26. The van der Waals surface area contributed by atoms with Crippen LogP contribution >= 0.6 is 0 Å². The molecule has 2 N–H and O–H groups in total. The smallest absolute Gasteiger partial charge is 0.134 e. The summed E-state index contributed by atoms with van der Waals surface area (Å²) in [6, 6.07) is 4.05. The summed E-state index contributed by atoms with van der Waals surface area (Å²) < 4.78 is 0. The summed E-state index contributed by atoms with van der Waals surface area (Å²) in [5.41, 5.74) is 2.36. The second-order valence-corrected chi connectivity index (χ2v) is 5.21. The Labute approximate surface area is 126 Å². The van der Waals surface area contributed by atoms with E-state index in [1.165, 1.54) is 5.56 Å². The molecule has 2 aromatic heterocycles. The van der Waals surface area contributed by atoms with Crippen molar-refractivity contribution in [3.8, 4) is 0 Å². The third-order valence-electron chi connectivity index (χ3n) is 3.23. The monoisotopic (exact) mass is 285 g/mol. The molecule has 0 aromatic carbocycles. The summed E-state index contributed by atoms with van der Waals surface area (Å²) in [4.78, 5) is 12.9. The number of nitrogens with zero attached hydrogens (tertiary/aromatic N) is 3. The van der Waals surface area contributed by atoms with E-state index in [0.717, 1.165) is 36.7 Å². The number of rotatable bonds is 7. The van der Waals surface area contributed by atoms with Gasteiger partial charge in [-0.05, 0) is 30.9 Å². The van der Waals surface area contributed by atoms with Crippen LogP contribution in [0.4, 0.5) is 11.6 Å². The van der Waals surface area contributed by atoms with Gasteiger partial charge in [-0.2, -0.15) is 0 Å². The molecule has 0 aliphatic heterocycles. The zero-order valence-corrected chi connectivity index (χ0v) is 12.9. The van der Waals surface area contributed by atoms with Crippen LogP contribution in [0.15, 0.2) is 30.9 Å². The first-order valence-corrected chi connectivity index (χ1v) is 7.44. The second kappa shape index (κ2) is 7.57. The molecule has 0 spiro atoms. The molecule has 0 amide bonds. The highest BCUT2D eigenvalue weighted by Gasteiger charge is 2.14. The quantitative estimate of drug-likeness (QED) is 0.818. The van der Waals surface area contributed by atoms with Gasteiger partial charge in [-0.3, -0.25) is 4.98 Å². The van der Waals surface area contributed by atoms with Crippen LogP contribution < -0.4 is 10.6 Å². The zero-order chi connectivity index (χ0) is 15.1. The average molecular weight is 285 g/mol. The molecule has 5 heteroatoms. The summed E-state index contributed by atoms with van der Waals surface area (Å²) in [6.07, 6.45) is 6.22. The number of nitrogens with one attached hydrogen (secondary N) is 2. The van der Waals surface area contributed by atoms with E-state index < -0.39 is 0 Å². The van der Waals surface area contributed by atoms with Crippen LogP contribution in [0.25, 0.3) is 0 Å². The van der Waals surface area contributed by atoms with Crippen molar-refractivity contribution in [2.24, 2.45) is 0 Å². The second-order valence-electron chi connectivity index (χ2n) is 5.21. The first kappa shape index (κ1) is 15.2. The van der Waals surface area contributed by atoms with E-state index in [9.17, 15) is 0 Å². The van der Waals surface area contributed by atoms with E-state index in [0.29, 0.717) is 5.92 Å². The Morgan fingerprint density at radius 1 is 1.14 bits per heavy atom. The van der Waals surface area contributed by atoms with Crippen LogP contribution in [0.1, 0.15) is 37.8 Å². The van der Waals surface area contributed by atoms with Crippen molar-refractivity contribution in [2.75, 3.05) is 23.7 Å². The van der Waals surface area contributed by atoms with E-state index in [-0.39, 0.29) is 0 Å². The van der Waals surface area contributed by atoms with Crippen LogP contribution in [0, 0.1) is 0 Å². The molecule has 0 atom stereocenters. The first-order chi connectivity index (χ1) is 10.2. The van der Waals surface area contributed by atoms with E-state index in [1.54, 1.807) is 12.5 Å². The summed E-state index contributed by atoms with van der Waals surface area (Å²) >= 11 is 0. The Morgan fingerprint density at radius 2 is 1.90 bits per heavy atom. The van der Waals surface area contributed by atoms with Crippen molar-refractivity contribution in [1.82, 2.24) is 15.0 Å². The molecule has 5 nitrogen and oxygen atoms in total. The van der Waals surface area contributed by atoms with Crippen LogP contribution in [-0.4, -0.2) is 28.0 Å². The first-order valence-electron chi connectivity index (χ1n) is 7.44. The fraction of sp³-hybridized carbons (Fsp3) is 0.438. The van der Waals surface area contributed by atoms with Gasteiger partial charge in [0.1, 0.15) is 18.0 Å². The molecule has 21 heavy (non-hydrogen) atoms. The minimum Gasteiger partial charge on any atom is -0.370 e. The number of aromatic nitrogens is 3. The maximum Gasteiger partial charge on any atom is 0.134 e. The van der Waals surface area contributed by atoms with Crippen molar-refractivity contribution in [2.45, 2.75) is 33.1 Å². The molecular formula is C16H23N5. The third kappa shape index (κ3) is 4.15. The molecule has 2 rings (SSSR count). The molecule has 0 radical (unpaired) electrons. The highest BCUT2D eigenvalue weighted by molar-refractivity contribution is 5.59. The zero-order valence-electron chi connectivity index (χ0n) is 12.9. The van der Waals surface area contributed by atoms with Gasteiger partial charge in [-0.25, -0.2) is 9.97 Å². The molecule has 0 unspecified atom stereocenters. The Kier molecular flexibility index (Phi) is 5.49. The highest BCUT2D eigenvalue weighted by Crippen LogP contribution is 2.28. The average Bonchev–Trinajstić information content (AvgIpc) is 2.48. The maximum absolute atomic E-state index is 4.40. The van der Waals surface area contributed by atoms with Gasteiger partial charge >= 0.3 is 0 Å². The van der Waals surface area contributed by atoms with Crippen LogP contribution in [0.2, 0.25) is 0 Å². The third-order valence-corrected chi connectivity index (χ3v) is 3.23. The Bertz CT molecular complexity index is 554. The SMILES string of the molecule is CCNc1ncnc(NCCc2cccnc2)c1C(C)C. The Morgan fingerprint density at radius 3 is 2.52 bits per heavy atom. The molecule has 0 aliphatic rings. The molecule has 0 bridgehead atoms. The van der Waals surface area contributed by atoms with Gasteiger partial charge in [0.25, 0.3) is 0 Å². The lowest BCUT2D eigenvalue weighted by Crippen LogP contribution is -2.13. The molecule has 0 fully saturated rings. The van der Waals surface area contributed by atoms with Gasteiger partial charge in [-0.15, -0.1) is 0 Å². The molecular weight excluding hydrogens is 262 g/mol. The maximum atomic E-state index is 4.40. The lowest BCUT2D eigenvalue weighted by molar-refractivity contribution is 0.842. The van der Waals surface area contributed by atoms with Crippen molar-refractivity contribution >= 4 is 11.6 Å². The van der Waals surface area contributed by atoms with Crippen LogP contribution in [-0.2, 0) is 6.42 Å². The molecule has 112 valence electrons. The van der Waals surface area contributed by atoms with Crippen LogP contribution in [0.3, 0.4) is 0 Å². The Hall–Kier alpha value is -2.17. The Balaban J connectivity index is 2.07. The summed E-state index contributed by atoms with van der Waals surface area (Å²) in [5, 5.41) is 6.73. The van der Waals surface area contributed by atoms with Gasteiger partial charge in [0, 0.05) is 31.0 Å². The van der Waals surface area contributed by atoms with Gasteiger partial charge < -0.3 is 10.6 Å². The van der Waals surface area contributed by atoms with Crippen molar-refractivity contribution in [1.29, 1.82) is 0 Å². The summed E-state index contributed by atoms with van der Waals surface area (Å²) in [5.74, 6) is 2.20. The molecule has 0 saturated carbocycles. The number of hydrogen-bond donors (Lipinski definition) is 2. The van der Waals surface area contributed by atoms with Gasteiger partial charge in [0.15, 0.2) is 0 Å². The predicted octanol–water partition coefficient (Wildman–Crippen LogP) is 3.08. The summed E-state index contributed by atoms with van der Waals surface area (Å²) in [7, 11) is 0. The lowest BCUT2D eigenvalue weighted by atomic mass is 10.0. The normalized spacial score (nSPS) is 10.7. The fourth-order valence-corrected chi connectivity index (χ4v) is 2.26. The molecule has 2 heterocycles. The molecule has 0 aliphatic carbocycles. The lowest BCUT2D eigenvalue weighted by Gasteiger charge is -2.17. The highest BCUT2D eigenvalue weighted by atomic mass is 15.1. The van der Waals surface area contributed by atoms with E-state index in [4.69, 9.17) is 0 Å². The summed E-state index contributed by atoms with van der Waals surface area (Å²) in [6.45, 7) is 8.07. The molecule has 0 saturated heterocycles.